The minimum absolute atomic E-state index is 0.169. The number of carbonyl (C=O) groups excluding carboxylic acids is 2. The molecule has 0 spiro atoms. The van der Waals surface area contributed by atoms with E-state index in [0.717, 1.165) is 45.3 Å². The molecular weight excluding hydrogens is 278 g/mol. The first-order chi connectivity index (χ1) is 10.5. The summed E-state index contributed by atoms with van der Waals surface area (Å²) in [4.78, 5) is 27.8. The molecule has 2 aliphatic heterocycles. The number of likely N-dealkylation sites (tertiary alicyclic amines) is 2. The fourth-order valence-electron chi connectivity index (χ4n) is 3.93. The molecule has 0 aromatic heterocycles. The topological polar surface area (TPSA) is 66.6 Å². The van der Waals surface area contributed by atoms with Crippen molar-refractivity contribution < 1.29 is 9.59 Å². The van der Waals surface area contributed by atoms with Gasteiger partial charge in [0.05, 0.1) is 0 Å². The van der Waals surface area contributed by atoms with Crippen molar-refractivity contribution in [2.24, 2.45) is 17.6 Å². The van der Waals surface area contributed by atoms with Gasteiger partial charge in [0.2, 0.25) is 11.8 Å². The molecule has 0 aromatic carbocycles. The molecule has 2 saturated heterocycles. The van der Waals surface area contributed by atoms with Crippen LogP contribution in [0.1, 0.15) is 52.4 Å². The lowest BCUT2D eigenvalue weighted by Crippen LogP contribution is -2.51. The summed E-state index contributed by atoms with van der Waals surface area (Å²) in [5, 5.41) is 0. The van der Waals surface area contributed by atoms with Crippen LogP contribution in [0.3, 0.4) is 0 Å². The fraction of sp³-hybridized carbons (Fsp3) is 0.882. The third-order valence-corrected chi connectivity index (χ3v) is 5.50. The van der Waals surface area contributed by atoms with Gasteiger partial charge < -0.3 is 15.5 Å². The summed E-state index contributed by atoms with van der Waals surface area (Å²) in [6, 6.07) is 0.223. The van der Waals surface area contributed by atoms with E-state index in [-0.39, 0.29) is 17.9 Å². The van der Waals surface area contributed by atoms with Crippen LogP contribution in [0.2, 0.25) is 0 Å². The van der Waals surface area contributed by atoms with E-state index < -0.39 is 0 Å². The van der Waals surface area contributed by atoms with E-state index in [1.54, 1.807) is 6.92 Å². The molecule has 2 N–H and O–H groups in total. The van der Waals surface area contributed by atoms with E-state index in [1.807, 2.05) is 9.80 Å². The molecule has 5 nitrogen and oxygen atoms in total. The monoisotopic (exact) mass is 309 g/mol. The van der Waals surface area contributed by atoms with Gasteiger partial charge in [0, 0.05) is 45.6 Å². The zero-order valence-electron chi connectivity index (χ0n) is 14.1. The molecule has 126 valence electrons. The number of nitrogens with two attached hydrogens (primary N) is 1. The highest BCUT2D eigenvalue weighted by Crippen LogP contribution is 2.26. The van der Waals surface area contributed by atoms with Crippen molar-refractivity contribution in [3.05, 3.63) is 0 Å². The molecule has 2 amide bonds. The smallest absolute Gasteiger partial charge is 0.222 e. The first-order valence-corrected chi connectivity index (χ1v) is 8.78. The molecule has 0 unspecified atom stereocenters. The minimum atomic E-state index is 0.169. The molecule has 2 rings (SSSR count). The highest BCUT2D eigenvalue weighted by molar-refractivity contribution is 5.76. The summed E-state index contributed by atoms with van der Waals surface area (Å²) in [5.74, 6) is 1.54. The predicted octanol–water partition coefficient (Wildman–Crippen LogP) is 1.61. The second-order valence-corrected chi connectivity index (χ2v) is 7.00. The predicted molar refractivity (Wildman–Crippen MR) is 87.2 cm³/mol. The van der Waals surface area contributed by atoms with Crippen LogP contribution in [0.15, 0.2) is 0 Å². The van der Waals surface area contributed by atoms with Crippen molar-refractivity contribution in [3.63, 3.8) is 0 Å². The van der Waals surface area contributed by atoms with Crippen molar-refractivity contribution in [2.75, 3.05) is 26.2 Å². The Bertz CT molecular complexity index is 391. The molecule has 22 heavy (non-hydrogen) atoms. The summed E-state index contributed by atoms with van der Waals surface area (Å²) >= 11 is 0. The zero-order valence-corrected chi connectivity index (χ0v) is 14.1. The van der Waals surface area contributed by atoms with E-state index in [0.29, 0.717) is 24.8 Å². The number of hydrogen-bond donors (Lipinski definition) is 1. The van der Waals surface area contributed by atoms with E-state index in [2.05, 4.69) is 6.92 Å². The zero-order chi connectivity index (χ0) is 16.1. The molecule has 0 radical (unpaired) electrons. The number of carbonyl (C=O) groups is 2. The minimum Gasteiger partial charge on any atom is -0.343 e. The summed E-state index contributed by atoms with van der Waals surface area (Å²) in [5.41, 5.74) is 5.87. The quantitative estimate of drug-likeness (QED) is 0.858. The largest absolute Gasteiger partial charge is 0.343 e. The van der Waals surface area contributed by atoms with Gasteiger partial charge in [-0.15, -0.1) is 0 Å². The van der Waals surface area contributed by atoms with Crippen LogP contribution < -0.4 is 5.73 Å². The maximum atomic E-state index is 12.5. The maximum absolute atomic E-state index is 12.5. The number of amides is 2. The van der Waals surface area contributed by atoms with Gasteiger partial charge in [-0.25, -0.2) is 0 Å². The first-order valence-electron chi connectivity index (χ1n) is 8.78. The highest BCUT2D eigenvalue weighted by atomic mass is 16.2. The van der Waals surface area contributed by atoms with Crippen LogP contribution in [-0.4, -0.2) is 53.8 Å². The fourth-order valence-corrected chi connectivity index (χ4v) is 3.93. The summed E-state index contributed by atoms with van der Waals surface area (Å²) in [6.45, 7) is 6.97. The average molecular weight is 309 g/mol. The van der Waals surface area contributed by atoms with E-state index in [1.165, 1.54) is 6.42 Å². The van der Waals surface area contributed by atoms with Gasteiger partial charge in [0.15, 0.2) is 0 Å². The van der Waals surface area contributed by atoms with Crippen LogP contribution in [0.25, 0.3) is 0 Å². The van der Waals surface area contributed by atoms with Gasteiger partial charge in [-0.05, 0) is 43.9 Å². The van der Waals surface area contributed by atoms with Gasteiger partial charge >= 0.3 is 0 Å². The Labute approximate surface area is 134 Å². The highest BCUT2D eigenvalue weighted by Gasteiger charge is 2.31. The Morgan fingerprint density at radius 1 is 1.14 bits per heavy atom. The molecule has 2 atom stereocenters. The van der Waals surface area contributed by atoms with Gasteiger partial charge in [-0.1, -0.05) is 6.92 Å². The van der Waals surface area contributed by atoms with Crippen molar-refractivity contribution >= 4 is 11.8 Å². The van der Waals surface area contributed by atoms with Crippen molar-refractivity contribution in [2.45, 2.75) is 58.4 Å². The van der Waals surface area contributed by atoms with Crippen LogP contribution in [0.5, 0.6) is 0 Å². The Morgan fingerprint density at radius 3 is 2.41 bits per heavy atom. The van der Waals surface area contributed by atoms with E-state index in [9.17, 15) is 9.59 Å². The molecule has 0 aliphatic carbocycles. The number of rotatable bonds is 4. The standard InChI is InChI=1S/C17H31N3O2/c1-13-4-3-9-20(16(13)12-18)17(22)6-5-15-7-10-19(11-8-15)14(2)21/h13,15-16H,3-12,18H2,1-2H3/t13-,16-/m0/s1. The molecule has 2 heterocycles. The van der Waals surface area contributed by atoms with E-state index >= 15 is 0 Å². The third kappa shape index (κ3) is 4.22. The van der Waals surface area contributed by atoms with E-state index in [4.69, 9.17) is 5.73 Å². The number of piperidine rings is 2. The van der Waals surface area contributed by atoms with Crippen molar-refractivity contribution in [1.82, 2.24) is 9.80 Å². The first kappa shape index (κ1) is 17.3. The van der Waals surface area contributed by atoms with Crippen molar-refractivity contribution in [3.8, 4) is 0 Å². The number of nitrogens with zero attached hydrogens (tertiary/aromatic N) is 2. The molecule has 2 aliphatic rings. The lowest BCUT2D eigenvalue weighted by Gasteiger charge is -2.40. The summed E-state index contributed by atoms with van der Waals surface area (Å²) < 4.78 is 0. The average Bonchev–Trinajstić information content (AvgIpc) is 2.52. The molecular formula is C17H31N3O2. The molecule has 2 fully saturated rings. The lowest BCUT2D eigenvalue weighted by molar-refractivity contribution is -0.137. The summed E-state index contributed by atoms with van der Waals surface area (Å²) in [7, 11) is 0. The van der Waals surface area contributed by atoms with Gasteiger partial charge in [0.25, 0.3) is 0 Å². The normalized spacial score (nSPS) is 27.0. The van der Waals surface area contributed by atoms with Crippen LogP contribution in [0, 0.1) is 11.8 Å². The Morgan fingerprint density at radius 2 is 1.82 bits per heavy atom. The molecule has 0 aromatic rings. The Kier molecular flexibility index (Phi) is 6.24. The lowest BCUT2D eigenvalue weighted by atomic mass is 9.89. The van der Waals surface area contributed by atoms with Crippen LogP contribution in [0.4, 0.5) is 0 Å². The second kappa shape index (κ2) is 7.95. The maximum Gasteiger partial charge on any atom is 0.222 e. The number of hydrogen-bond acceptors (Lipinski definition) is 3. The van der Waals surface area contributed by atoms with Crippen LogP contribution in [-0.2, 0) is 9.59 Å². The Balaban J connectivity index is 1.77. The van der Waals surface area contributed by atoms with Gasteiger partial charge in [-0.3, -0.25) is 9.59 Å². The molecule has 0 bridgehead atoms. The summed E-state index contributed by atoms with van der Waals surface area (Å²) in [6.07, 6.45) is 5.92. The Hall–Kier alpha value is -1.10. The van der Waals surface area contributed by atoms with Gasteiger partial charge in [-0.2, -0.15) is 0 Å². The van der Waals surface area contributed by atoms with Crippen LogP contribution >= 0.6 is 0 Å². The molecule has 0 saturated carbocycles. The van der Waals surface area contributed by atoms with Crippen molar-refractivity contribution in [1.29, 1.82) is 0 Å². The SMILES string of the molecule is CC(=O)N1CCC(CCC(=O)N2CCC[C@H](C)[C@@H]2CN)CC1. The second-order valence-electron chi connectivity index (χ2n) is 7.00. The van der Waals surface area contributed by atoms with Gasteiger partial charge in [0.1, 0.15) is 0 Å². The third-order valence-electron chi connectivity index (χ3n) is 5.50. The molecule has 5 heteroatoms.